The van der Waals surface area contributed by atoms with E-state index in [2.05, 4.69) is 10.6 Å². The molecule has 0 bridgehead atoms. The van der Waals surface area contributed by atoms with Crippen LogP contribution in [0.15, 0.2) is 12.1 Å². The van der Waals surface area contributed by atoms with Gasteiger partial charge in [-0.15, -0.1) is 23.7 Å². The number of hydrogen-bond acceptors (Lipinski definition) is 3. The molecule has 1 aromatic heterocycles. The highest BCUT2D eigenvalue weighted by molar-refractivity contribution is 7.16. The van der Waals surface area contributed by atoms with Crippen molar-refractivity contribution in [3.63, 3.8) is 0 Å². The molecule has 2 heterocycles. The lowest BCUT2D eigenvalue weighted by Crippen LogP contribution is -2.23. The maximum Gasteiger partial charge on any atom is 0.220 e. The van der Waals surface area contributed by atoms with E-state index in [1.807, 2.05) is 12.1 Å². The van der Waals surface area contributed by atoms with E-state index < -0.39 is 0 Å². The molecule has 6 heteroatoms. The highest BCUT2D eigenvalue weighted by atomic mass is 35.5. The van der Waals surface area contributed by atoms with Crippen LogP contribution in [0.1, 0.15) is 24.1 Å². The largest absolute Gasteiger partial charge is 0.351 e. The highest BCUT2D eigenvalue weighted by Gasteiger charge is 2.15. The molecule has 0 aliphatic carbocycles. The lowest BCUT2D eigenvalue weighted by Gasteiger charge is -2.07. The Bertz CT molecular complexity index is 378. The first kappa shape index (κ1) is 15.8. The Labute approximate surface area is 123 Å². The predicted molar refractivity (Wildman–Crippen MR) is 78.6 cm³/mol. The lowest BCUT2D eigenvalue weighted by atomic mass is 10.0. The lowest BCUT2D eigenvalue weighted by molar-refractivity contribution is -0.121. The molecule has 102 valence electrons. The summed E-state index contributed by atoms with van der Waals surface area (Å²) >= 11 is 7.34. The van der Waals surface area contributed by atoms with E-state index in [1.54, 1.807) is 0 Å². The van der Waals surface area contributed by atoms with Crippen molar-refractivity contribution in [1.82, 2.24) is 10.6 Å². The molecule has 18 heavy (non-hydrogen) atoms. The van der Waals surface area contributed by atoms with Gasteiger partial charge in [0.25, 0.3) is 0 Å². The molecule has 3 nitrogen and oxygen atoms in total. The summed E-state index contributed by atoms with van der Waals surface area (Å²) in [5.74, 6) is 0.818. The number of rotatable bonds is 5. The average Bonchev–Trinajstić information content (AvgIpc) is 2.95. The van der Waals surface area contributed by atoms with Gasteiger partial charge < -0.3 is 10.6 Å². The second-order valence-electron chi connectivity index (χ2n) is 4.38. The standard InChI is InChI=1S/C12H17ClN2OS.ClH/c13-11-3-2-10(17-11)8-15-12(16)4-1-9-5-6-14-7-9;/h2-3,9,14H,1,4-8H2,(H,15,16);1H. The van der Waals surface area contributed by atoms with Gasteiger partial charge >= 0.3 is 0 Å². The molecule has 1 aliphatic rings. The van der Waals surface area contributed by atoms with Crippen LogP contribution < -0.4 is 10.6 Å². The summed E-state index contributed by atoms with van der Waals surface area (Å²) in [4.78, 5) is 12.7. The Hall–Kier alpha value is -0.290. The van der Waals surface area contributed by atoms with Crippen molar-refractivity contribution in [3.8, 4) is 0 Å². The van der Waals surface area contributed by atoms with Crippen LogP contribution in [0.2, 0.25) is 4.34 Å². The first-order valence-electron chi connectivity index (χ1n) is 5.95. The molecule has 2 rings (SSSR count). The molecule has 1 fully saturated rings. The van der Waals surface area contributed by atoms with Gasteiger partial charge in [-0.1, -0.05) is 11.6 Å². The van der Waals surface area contributed by atoms with Gasteiger partial charge in [0.2, 0.25) is 5.91 Å². The quantitative estimate of drug-likeness (QED) is 0.878. The molecule has 0 radical (unpaired) electrons. The van der Waals surface area contributed by atoms with Crippen LogP contribution in [0.25, 0.3) is 0 Å². The van der Waals surface area contributed by atoms with E-state index in [9.17, 15) is 4.79 Å². The Morgan fingerprint density at radius 2 is 2.39 bits per heavy atom. The molecule has 0 aromatic carbocycles. The summed E-state index contributed by atoms with van der Waals surface area (Å²) in [6, 6.07) is 3.81. The van der Waals surface area contributed by atoms with Crippen molar-refractivity contribution < 1.29 is 4.79 Å². The summed E-state index contributed by atoms with van der Waals surface area (Å²) < 4.78 is 0.770. The van der Waals surface area contributed by atoms with Crippen molar-refractivity contribution in [1.29, 1.82) is 0 Å². The van der Waals surface area contributed by atoms with Crippen LogP contribution in [0.5, 0.6) is 0 Å². The fourth-order valence-electron chi connectivity index (χ4n) is 2.02. The van der Waals surface area contributed by atoms with Gasteiger partial charge in [-0.2, -0.15) is 0 Å². The Kier molecular flexibility index (Phi) is 7.00. The van der Waals surface area contributed by atoms with E-state index in [-0.39, 0.29) is 18.3 Å². The number of hydrogen-bond donors (Lipinski definition) is 2. The van der Waals surface area contributed by atoms with Crippen LogP contribution in [0, 0.1) is 5.92 Å². The van der Waals surface area contributed by atoms with Crippen LogP contribution in [-0.2, 0) is 11.3 Å². The Balaban J connectivity index is 0.00000162. The number of carbonyl (C=O) groups is 1. The van der Waals surface area contributed by atoms with Gasteiger partial charge in [0.05, 0.1) is 10.9 Å². The maximum atomic E-state index is 11.6. The van der Waals surface area contributed by atoms with E-state index in [0.717, 1.165) is 28.7 Å². The van der Waals surface area contributed by atoms with Crippen LogP contribution in [0.4, 0.5) is 0 Å². The van der Waals surface area contributed by atoms with Crippen LogP contribution in [-0.4, -0.2) is 19.0 Å². The van der Waals surface area contributed by atoms with Crippen LogP contribution in [0.3, 0.4) is 0 Å². The van der Waals surface area contributed by atoms with Crippen molar-refractivity contribution in [2.75, 3.05) is 13.1 Å². The zero-order chi connectivity index (χ0) is 12.1. The molecule has 1 amide bonds. The third-order valence-corrected chi connectivity index (χ3v) is 4.26. The number of carbonyl (C=O) groups excluding carboxylic acids is 1. The fourth-order valence-corrected chi connectivity index (χ4v) is 3.04. The average molecular weight is 309 g/mol. The number of amides is 1. The minimum atomic E-state index is 0. The Morgan fingerprint density at radius 1 is 1.56 bits per heavy atom. The summed E-state index contributed by atoms with van der Waals surface area (Å²) in [6.45, 7) is 2.76. The normalized spacial score (nSPS) is 18.4. The van der Waals surface area contributed by atoms with Crippen molar-refractivity contribution in [2.45, 2.75) is 25.8 Å². The first-order chi connectivity index (χ1) is 8.24. The number of thiophene rings is 1. The second kappa shape index (κ2) is 8.00. The van der Waals surface area contributed by atoms with Crippen molar-refractivity contribution in [2.24, 2.45) is 5.92 Å². The third-order valence-electron chi connectivity index (χ3n) is 3.03. The fraction of sp³-hybridized carbons (Fsp3) is 0.583. The smallest absolute Gasteiger partial charge is 0.220 e. The van der Waals surface area contributed by atoms with E-state index in [1.165, 1.54) is 17.8 Å². The molecule has 0 spiro atoms. The number of nitrogens with one attached hydrogen (secondary N) is 2. The van der Waals surface area contributed by atoms with Crippen LogP contribution >= 0.6 is 35.3 Å². The van der Waals surface area contributed by atoms with Gasteiger partial charge in [-0.3, -0.25) is 4.79 Å². The molecule has 0 saturated carbocycles. The summed E-state index contributed by atoms with van der Waals surface area (Å²) in [5.41, 5.74) is 0. The first-order valence-corrected chi connectivity index (χ1v) is 7.15. The minimum Gasteiger partial charge on any atom is -0.351 e. The zero-order valence-corrected chi connectivity index (χ0v) is 12.5. The molecule has 1 aromatic rings. The monoisotopic (exact) mass is 308 g/mol. The van der Waals surface area contributed by atoms with Gasteiger partial charge in [-0.25, -0.2) is 0 Å². The molecule has 2 N–H and O–H groups in total. The van der Waals surface area contributed by atoms with Gasteiger partial charge in [-0.05, 0) is 44.0 Å². The summed E-state index contributed by atoms with van der Waals surface area (Å²) in [7, 11) is 0. The molecule has 1 saturated heterocycles. The predicted octanol–water partition coefficient (Wildman–Crippen LogP) is 2.83. The van der Waals surface area contributed by atoms with Gasteiger partial charge in [0.1, 0.15) is 0 Å². The second-order valence-corrected chi connectivity index (χ2v) is 6.18. The molecule has 1 aliphatic heterocycles. The molecular weight excluding hydrogens is 291 g/mol. The zero-order valence-electron chi connectivity index (χ0n) is 10.1. The molecular formula is C12H18Cl2N2OS. The van der Waals surface area contributed by atoms with E-state index in [4.69, 9.17) is 11.6 Å². The maximum absolute atomic E-state index is 11.6. The summed E-state index contributed by atoms with van der Waals surface area (Å²) in [6.07, 6.45) is 2.82. The molecule has 1 unspecified atom stereocenters. The van der Waals surface area contributed by atoms with E-state index in [0.29, 0.717) is 18.9 Å². The highest BCUT2D eigenvalue weighted by Crippen LogP contribution is 2.21. The van der Waals surface area contributed by atoms with Crippen molar-refractivity contribution in [3.05, 3.63) is 21.3 Å². The third kappa shape index (κ3) is 5.14. The van der Waals surface area contributed by atoms with Crippen molar-refractivity contribution >= 4 is 41.3 Å². The summed E-state index contributed by atoms with van der Waals surface area (Å²) in [5, 5.41) is 6.24. The van der Waals surface area contributed by atoms with Gasteiger partial charge in [0, 0.05) is 11.3 Å². The molecule has 1 atom stereocenters. The topological polar surface area (TPSA) is 41.1 Å². The SMILES string of the molecule is Cl.O=C(CCC1CCNC1)NCc1ccc(Cl)s1. The van der Waals surface area contributed by atoms with E-state index >= 15 is 0 Å². The number of halogens is 2. The Morgan fingerprint density at radius 3 is 3.00 bits per heavy atom. The minimum absolute atomic E-state index is 0. The van der Waals surface area contributed by atoms with Gasteiger partial charge in [0.15, 0.2) is 0 Å².